The third-order valence-electron chi connectivity index (χ3n) is 1.99. The number of rotatable bonds is 2. The first kappa shape index (κ1) is 10.9. The lowest BCUT2D eigenvalue weighted by molar-refractivity contribution is 0.496. The van der Waals surface area contributed by atoms with Crippen LogP contribution in [0.15, 0.2) is 18.3 Å². The van der Waals surface area contributed by atoms with Gasteiger partial charge in [0.05, 0.1) is 4.88 Å². The minimum absolute atomic E-state index is 0.0119. The van der Waals surface area contributed by atoms with E-state index < -0.39 is 17.5 Å². The second kappa shape index (κ2) is 4.13. The van der Waals surface area contributed by atoms with Crippen molar-refractivity contribution < 1.29 is 13.2 Å². The van der Waals surface area contributed by atoms with E-state index in [2.05, 4.69) is 10.3 Å². The van der Waals surface area contributed by atoms with Crippen LogP contribution in [0, 0.1) is 17.5 Å². The average Bonchev–Trinajstić information content (AvgIpc) is 2.71. The zero-order valence-electron chi connectivity index (χ0n) is 8.22. The summed E-state index contributed by atoms with van der Waals surface area (Å²) in [6.07, 6.45) is 1.41. The van der Waals surface area contributed by atoms with E-state index in [4.69, 9.17) is 0 Å². The highest BCUT2D eigenvalue weighted by Gasteiger charge is 2.13. The maximum atomic E-state index is 13.4. The smallest absolute Gasteiger partial charge is 0.182 e. The fourth-order valence-electron chi connectivity index (χ4n) is 1.23. The Morgan fingerprint density at radius 1 is 1.12 bits per heavy atom. The summed E-state index contributed by atoms with van der Waals surface area (Å²) in [5.41, 5.74) is 0.0119. The highest BCUT2D eigenvalue weighted by atomic mass is 32.1. The molecule has 84 valence electrons. The standard InChI is InChI=1S/C10H7F3N2S/c1-14-10-15-4-9(16-10)5-2-7(12)8(13)3-6(5)11/h2-4H,1H3,(H,14,15). The van der Waals surface area contributed by atoms with Gasteiger partial charge >= 0.3 is 0 Å². The fourth-order valence-corrected chi connectivity index (χ4v) is 2.01. The second-order valence-corrected chi connectivity index (χ2v) is 4.06. The Balaban J connectivity index is 2.51. The van der Waals surface area contributed by atoms with E-state index in [9.17, 15) is 13.2 Å². The van der Waals surface area contributed by atoms with Gasteiger partial charge in [-0.1, -0.05) is 11.3 Å². The van der Waals surface area contributed by atoms with E-state index in [1.807, 2.05) is 0 Å². The maximum absolute atomic E-state index is 13.4. The SMILES string of the molecule is CNc1ncc(-c2cc(F)c(F)cc2F)s1. The molecule has 0 aliphatic heterocycles. The highest BCUT2D eigenvalue weighted by molar-refractivity contribution is 7.18. The Kier molecular flexibility index (Phi) is 2.82. The molecule has 1 N–H and O–H groups in total. The van der Waals surface area contributed by atoms with Gasteiger partial charge in [-0.15, -0.1) is 0 Å². The van der Waals surface area contributed by atoms with Crippen LogP contribution in [0.2, 0.25) is 0 Å². The van der Waals surface area contributed by atoms with Crippen molar-refractivity contribution in [3.8, 4) is 10.4 Å². The molecule has 0 amide bonds. The van der Waals surface area contributed by atoms with Crippen molar-refractivity contribution in [1.29, 1.82) is 0 Å². The first-order chi connectivity index (χ1) is 7.61. The van der Waals surface area contributed by atoms with Crippen LogP contribution in [-0.2, 0) is 0 Å². The van der Waals surface area contributed by atoms with Crippen molar-refractivity contribution in [2.45, 2.75) is 0 Å². The van der Waals surface area contributed by atoms with Gasteiger partial charge in [-0.05, 0) is 6.07 Å². The number of hydrogen-bond acceptors (Lipinski definition) is 3. The van der Waals surface area contributed by atoms with E-state index in [1.165, 1.54) is 6.20 Å². The van der Waals surface area contributed by atoms with Crippen molar-refractivity contribution >= 4 is 16.5 Å². The Bertz CT molecular complexity index is 525. The number of anilines is 1. The zero-order valence-corrected chi connectivity index (χ0v) is 9.04. The third-order valence-corrected chi connectivity index (χ3v) is 3.04. The number of benzene rings is 1. The van der Waals surface area contributed by atoms with Crippen LogP contribution in [-0.4, -0.2) is 12.0 Å². The molecule has 0 saturated carbocycles. The quantitative estimate of drug-likeness (QED) is 0.820. The summed E-state index contributed by atoms with van der Waals surface area (Å²) in [5, 5.41) is 3.36. The zero-order chi connectivity index (χ0) is 11.7. The first-order valence-electron chi connectivity index (χ1n) is 4.40. The van der Waals surface area contributed by atoms with Crippen LogP contribution in [0.1, 0.15) is 0 Å². The van der Waals surface area contributed by atoms with Crippen LogP contribution in [0.4, 0.5) is 18.3 Å². The van der Waals surface area contributed by atoms with Gasteiger partial charge < -0.3 is 5.32 Å². The number of hydrogen-bond donors (Lipinski definition) is 1. The highest BCUT2D eigenvalue weighted by Crippen LogP contribution is 2.31. The predicted molar refractivity (Wildman–Crippen MR) is 57.0 cm³/mol. The molecule has 6 heteroatoms. The fraction of sp³-hybridized carbons (Fsp3) is 0.100. The van der Waals surface area contributed by atoms with Crippen LogP contribution < -0.4 is 5.32 Å². The third kappa shape index (κ3) is 1.88. The monoisotopic (exact) mass is 244 g/mol. The lowest BCUT2D eigenvalue weighted by Crippen LogP contribution is -1.89. The lowest BCUT2D eigenvalue weighted by atomic mass is 10.2. The van der Waals surface area contributed by atoms with Gasteiger partial charge in [-0.25, -0.2) is 18.2 Å². The molecular formula is C10H7F3N2S. The van der Waals surface area contributed by atoms with Gasteiger partial charge in [0.25, 0.3) is 0 Å². The van der Waals surface area contributed by atoms with Crippen LogP contribution in [0.3, 0.4) is 0 Å². The Hall–Kier alpha value is -1.56. The molecule has 0 bridgehead atoms. The van der Waals surface area contributed by atoms with Crippen LogP contribution >= 0.6 is 11.3 Å². The average molecular weight is 244 g/mol. The molecule has 0 unspecified atom stereocenters. The van der Waals surface area contributed by atoms with Gasteiger partial charge in [0.1, 0.15) is 5.82 Å². The van der Waals surface area contributed by atoms with Crippen molar-refractivity contribution in [1.82, 2.24) is 4.98 Å². The Morgan fingerprint density at radius 3 is 2.44 bits per heavy atom. The molecule has 0 saturated heterocycles. The normalized spacial score (nSPS) is 10.5. The number of nitrogens with one attached hydrogen (secondary N) is 1. The van der Waals surface area contributed by atoms with Crippen LogP contribution in [0.5, 0.6) is 0 Å². The molecule has 16 heavy (non-hydrogen) atoms. The van der Waals surface area contributed by atoms with Gasteiger partial charge in [-0.3, -0.25) is 0 Å². The molecule has 0 fully saturated rings. The Labute approximate surface area is 93.8 Å². The topological polar surface area (TPSA) is 24.9 Å². The molecule has 1 aromatic carbocycles. The van der Waals surface area contributed by atoms with E-state index in [-0.39, 0.29) is 5.56 Å². The van der Waals surface area contributed by atoms with E-state index >= 15 is 0 Å². The van der Waals surface area contributed by atoms with Gasteiger partial charge in [0.15, 0.2) is 16.8 Å². The van der Waals surface area contributed by atoms with Gasteiger partial charge in [0, 0.05) is 24.9 Å². The second-order valence-electron chi connectivity index (χ2n) is 3.03. The molecule has 2 nitrogen and oxygen atoms in total. The summed E-state index contributed by atoms with van der Waals surface area (Å²) in [5.74, 6) is -3.07. The van der Waals surface area contributed by atoms with Crippen molar-refractivity contribution in [2.75, 3.05) is 12.4 Å². The maximum Gasteiger partial charge on any atom is 0.182 e. The summed E-state index contributed by atoms with van der Waals surface area (Å²) in [4.78, 5) is 4.37. The molecule has 2 aromatic rings. The van der Waals surface area contributed by atoms with Gasteiger partial charge in [-0.2, -0.15) is 0 Å². The minimum Gasteiger partial charge on any atom is -0.365 e. The number of thiazole rings is 1. The predicted octanol–water partition coefficient (Wildman–Crippen LogP) is 3.27. The molecule has 1 aromatic heterocycles. The van der Waals surface area contributed by atoms with Gasteiger partial charge in [0.2, 0.25) is 0 Å². The summed E-state index contributed by atoms with van der Waals surface area (Å²) in [6, 6.07) is 1.36. The molecule has 0 aliphatic rings. The largest absolute Gasteiger partial charge is 0.365 e. The minimum atomic E-state index is -1.19. The molecule has 2 rings (SSSR count). The molecular weight excluding hydrogens is 237 g/mol. The first-order valence-corrected chi connectivity index (χ1v) is 5.22. The van der Waals surface area contributed by atoms with E-state index in [0.717, 1.165) is 17.4 Å². The molecule has 0 aliphatic carbocycles. The summed E-state index contributed by atoms with van der Waals surface area (Å²) < 4.78 is 39.0. The molecule has 0 atom stereocenters. The Morgan fingerprint density at radius 2 is 1.81 bits per heavy atom. The van der Waals surface area contributed by atoms with E-state index in [0.29, 0.717) is 16.1 Å². The summed E-state index contributed by atoms with van der Waals surface area (Å²) >= 11 is 1.16. The summed E-state index contributed by atoms with van der Waals surface area (Å²) in [6.45, 7) is 0. The van der Waals surface area contributed by atoms with Crippen molar-refractivity contribution in [2.24, 2.45) is 0 Å². The summed E-state index contributed by atoms with van der Waals surface area (Å²) in [7, 11) is 1.67. The molecule has 1 heterocycles. The van der Waals surface area contributed by atoms with E-state index in [1.54, 1.807) is 7.05 Å². The van der Waals surface area contributed by atoms with Crippen LogP contribution in [0.25, 0.3) is 10.4 Å². The number of aromatic nitrogens is 1. The molecule has 0 spiro atoms. The lowest BCUT2D eigenvalue weighted by Gasteiger charge is -2.00. The molecule has 0 radical (unpaired) electrons. The number of nitrogens with zero attached hydrogens (tertiary/aromatic N) is 1. The van der Waals surface area contributed by atoms with Crippen molar-refractivity contribution in [3.05, 3.63) is 35.8 Å². The van der Waals surface area contributed by atoms with Crippen molar-refractivity contribution in [3.63, 3.8) is 0 Å². The number of halogens is 3.